The summed E-state index contributed by atoms with van der Waals surface area (Å²) >= 11 is 0. The van der Waals surface area contributed by atoms with Gasteiger partial charge in [0.1, 0.15) is 36.3 Å². The van der Waals surface area contributed by atoms with E-state index in [4.69, 9.17) is 22.9 Å². The molecule has 416 valence electrons. The van der Waals surface area contributed by atoms with Crippen molar-refractivity contribution in [1.29, 1.82) is 0 Å². The number of carbonyl (C=O) groups is 11. The first kappa shape index (κ1) is 62.1. The lowest BCUT2D eigenvalue weighted by Crippen LogP contribution is -2.61. The lowest BCUT2D eigenvalue weighted by Gasteiger charge is -2.32. The molecule has 0 radical (unpaired) electrons. The number of hydrogen-bond acceptors (Lipinski definition) is 15. The molecule has 19 N–H and O–H groups in total. The van der Waals surface area contributed by atoms with Crippen LogP contribution in [0.4, 0.5) is 0 Å². The van der Waals surface area contributed by atoms with Crippen LogP contribution >= 0.6 is 0 Å². The topological polar surface area (TPSA) is 456 Å². The summed E-state index contributed by atoms with van der Waals surface area (Å²) in [5.41, 5.74) is 23.2. The quantitative estimate of drug-likeness (QED) is 0.0308. The van der Waals surface area contributed by atoms with E-state index in [0.29, 0.717) is 24.8 Å². The Morgan fingerprint density at radius 3 is 1.92 bits per heavy atom. The minimum absolute atomic E-state index is 0.0186. The van der Waals surface area contributed by atoms with Crippen LogP contribution in [0, 0.1) is 5.92 Å². The van der Waals surface area contributed by atoms with Crippen LogP contribution in [-0.4, -0.2) is 170 Å². The van der Waals surface area contributed by atoms with Gasteiger partial charge in [0.05, 0.1) is 24.8 Å². The Morgan fingerprint density at radius 1 is 0.707 bits per heavy atom. The molecule has 1 saturated heterocycles. The van der Waals surface area contributed by atoms with E-state index in [9.17, 15) is 68.1 Å². The van der Waals surface area contributed by atoms with Crippen molar-refractivity contribution < 1.29 is 68.1 Å². The standard InChI is InChI=1S/C48H75N13O14/c1-24(2)20-34(47(73)61-19-9-13-35(61)45(71)57-33(44(70)60-40(26(4)63)48(74)75)21-27-22-53-30-11-6-5-10-28(27)30)58-46(72)39(25(3)62)59-43(69)31(12-7-8-18-49)55-38(66)23-54-42(68)32(15-17-37(52)65)56-41(67)29(50)14-16-36(51)64/h5-6,10-11,22,24-26,29,31-35,39-40,53,62-63H,7-9,12-21,23,49-50H2,1-4H3,(H2,51,64)(H2,52,65)(H,54,68)(H,55,66)(H,56,67)(H,57,71)(H,58,72)(H,59,69)(H,60,70)(H,74,75)/t25-,26-,29+,31+,32+,33+,34+,35+,39+,40+/m1/s1. The fourth-order valence-corrected chi connectivity index (χ4v) is 8.32. The van der Waals surface area contributed by atoms with Crippen molar-refractivity contribution >= 4 is 75.9 Å². The maximum absolute atomic E-state index is 14.4. The molecule has 27 nitrogen and oxygen atoms in total. The van der Waals surface area contributed by atoms with Gasteiger partial charge in [0.15, 0.2) is 6.04 Å². The van der Waals surface area contributed by atoms with Gasteiger partial charge in [0, 0.05) is 42.9 Å². The number of carbonyl (C=O) groups excluding carboxylic acids is 10. The number of fused-ring (bicyclic) bond motifs is 1. The molecule has 0 bridgehead atoms. The molecule has 1 aromatic heterocycles. The zero-order valence-electron chi connectivity index (χ0n) is 42.7. The summed E-state index contributed by atoms with van der Waals surface area (Å²) in [5, 5.41) is 48.6. The number of aromatic nitrogens is 1. The number of aliphatic hydroxyl groups excluding tert-OH is 2. The van der Waals surface area contributed by atoms with Crippen molar-refractivity contribution in [2.75, 3.05) is 19.6 Å². The molecule has 0 aliphatic carbocycles. The summed E-state index contributed by atoms with van der Waals surface area (Å²) in [7, 11) is 0. The van der Waals surface area contributed by atoms with E-state index in [1.54, 1.807) is 44.3 Å². The predicted molar refractivity (Wildman–Crippen MR) is 270 cm³/mol. The first-order chi connectivity index (χ1) is 35.3. The molecule has 1 fully saturated rings. The lowest BCUT2D eigenvalue weighted by molar-refractivity contribution is -0.145. The number of amides is 10. The predicted octanol–water partition coefficient (Wildman–Crippen LogP) is -4.39. The fourth-order valence-electron chi connectivity index (χ4n) is 8.32. The molecule has 1 aliphatic rings. The Hall–Kier alpha value is -7.23. The van der Waals surface area contributed by atoms with Crippen molar-refractivity contribution in [3.63, 3.8) is 0 Å². The summed E-state index contributed by atoms with van der Waals surface area (Å²) in [5.74, 6) is -10.1. The Bertz CT molecular complexity index is 2340. The number of benzene rings is 1. The van der Waals surface area contributed by atoms with Crippen LogP contribution in [-0.2, 0) is 59.2 Å². The van der Waals surface area contributed by atoms with E-state index >= 15 is 0 Å². The first-order valence-electron chi connectivity index (χ1n) is 24.9. The van der Waals surface area contributed by atoms with Gasteiger partial charge in [-0.3, -0.25) is 47.9 Å². The van der Waals surface area contributed by atoms with Gasteiger partial charge < -0.3 is 85.4 Å². The average Bonchev–Trinajstić information content (AvgIpc) is 4.01. The number of nitrogens with one attached hydrogen (secondary N) is 8. The number of carboxylic acids is 1. The lowest BCUT2D eigenvalue weighted by atomic mass is 10.0. The van der Waals surface area contributed by atoms with Crippen LogP contribution in [0.1, 0.15) is 97.5 Å². The van der Waals surface area contributed by atoms with Crippen LogP contribution in [0.5, 0.6) is 0 Å². The van der Waals surface area contributed by atoms with Gasteiger partial charge in [0.25, 0.3) is 0 Å². The van der Waals surface area contributed by atoms with E-state index in [1.165, 1.54) is 18.7 Å². The summed E-state index contributed by atoms with van der Waals surface area (Å²) in [6.07, 6.45) is -1.26. The Kier molecular flexibility index (Phi) is 25.0. The molecule has 0 spiro atoms. The highest BCUT2D eigenvalue weighted by atomic mass is 16.4. The van der Waals surface area contributed by atoms with Gasteiger partial charge in [0.2, 0.25) is 59.1 Å². The number of primary amides is 2. The minimum Gasteiger partial charge on any atom is -0.480 e. The summed E-state index contributed by atoms with van der Waals surface area (Å²) in [4.78, 5) is 148. The second kappa shape index (κ2) is 30.2. The highest BCUT2D eigenvalue weighted by Crippen LogP contribution is 2.23. The molecule has 2 aromatic rings. The van der Waals surface area contributed by atoms with Crippen molar-refractivity contribution in [1.82, 2.24) is 47.1 Å². The Morgan fingerprint density at radius 2 is 1.31 bits per heavy atom. The number of carboxylic acid groups (broad SMARTS) is 1. The molecule has 2 heterocycles. The van der Waals surface area contributed by atoms with E-state index < -0.39 is 132 Å². The zero-order valence-corrected chi connectivity index (χ0v) is 42.7. The van der Waals surface area contributed by atoms with Crippen molar-refractivity contribution in [2.45, 2.75) is 159 Å². The molecule has 75 heavy (non-hydrogen) atoms. The maximum Gasteiger partial charge on any atom is 0.328 e. The summed E-state index contributed by atoms with van der Waals surface area (Å²) < 4.78 is 0. The number of aromatic amines is 1. The zero-order chi connectivity index (χ0) is 56.1. The Balaban J connectivity index is 1.78. The summed E-state index contributed by atoms with van der Waals surface area (Å²) in [6.45, 7) is 5.51. The molecule has 10 amide bonds. The second-order valence-electron chi connectivity index (χ2n) is 19.1. The van der Waals surface area contributed by atoms with Crippen molar-refractivity contribution in [2.24, 2.45) is 28.9 Å². The number of para-hydroxylation sites is 1. The number of likely N-dealkylation sites (tertiary alicyclic amines) is 1. The van der Waals surface area contributed by atoms with E-state index in [2.05, 4.69) is 42.2 Å². The monoisotopic (exact) mass is 1060 g/mol. The minimum atomic E-state index is -1.71. The highest BCUT2D eigenvalue weighted by Gasteiger charge is 2.41. The number of nitrogens with two attached hydrogens (primary N) is 4. The van der Waals surface area contributed by atoms with Gasteiger partial charge in [-0.1, -0.05) is 32.0 Å². The van der Waals surface area contributed by atoms with Crippen LogP contribution in [0.3, 0.4) is 0 Å². The smallest absolute Gasteiger partial charge is 0.328 e. The van der Waals surface area contributed by atoms with Crippen LogP contribution in [0.15, 0.2) is 30.5 Å². The van der Waals surface area contributed by atoms with Crippen molar-refractivity contribution in [3.05, 3.63) is 36.0 Å². The number of unbranched alkanes of at least 4 members (excludes halogenated alkanes) is 1. The molecule has 1 aromatic carbocycles. The van der Waals surface area contributed by atoms with Gasteiger partial charge in [-0.05, 0) is 89.3 Å². The summed E-state index contributed by atoms with van der Waals surface area (Å²) in [6, 6.07) is -4.05. The van der Waals surface area contributed by atoms with Crippen molar-refractivity contribution in [3.8, 4) is 0 Å². The second-order valence-corrected chi connectivity index (χ2v) is 19.1. The average molecular weight is 1060 g/mol. The molecule has 3 rings (SSSR count). The normalized spacial score (nSPS) is 16.9. The van der Waals surface area contributed by atoms with Crippen LogP contribution in [0.2, 0.25) is 0 Å². The van der Waals surface area contributed by atoms with E-state index in [-0.39, 0.29) is 70.4 Å². The van der Waals surface area contributed by atoms with Gasteiger partial charge in [-0.2, -0.15) is 0 Å². The number of aliphatic carboxylic acids is 1. The van der Waals surface area contributed by atoms with Crippen LogP contribution in [0.25, 0.3) is 10.9 Å². The first-order valence-corrected chi connectivity index (χ1v) is 24.9. The molecule has 27 heteroatoms. The van der Waals surface area contributed by atoms with Gasteiger partial charge in [-0.15, -0.1) is 0 Å². The van der Waals surface area contributed by atoms with Gasteiger partial charge in [-0.25, -0.2) is 4.79 Å². The SMILES string of the molecule is CC(C)C[C@H](NC(=O)[C@@H](NC(=O)[C@H](CCCCN)NC(=O)CNC(=O)[C@H](CCC(N)=O)NC(=O)[C@@H](N)CCC(N)=O)[C@@H](C)O)C(=O)N1CCC[C@H]1C(=O)N[C@@H](Cc1c[nH]c2ccccc12)C(=O)N[C@H](C(=O)O)[C@@H](C)O. The molecular weight excluding hydrogens is 983 g/mol. The number of nitrogens with zero attached hydrogens (tertiary/aromatic N) is 1. The number of aliphatic hydroxyl groups is 2. The fraction of sp³-hybridized carbons (Fsp3) is 0.604. The van der Waals surface area contributed by atoms with Crippen LogP contribution < -0.4 is 60.2 Å². The highest BCUT2D eigenvalue weighted by molar-refractivity contribution is 5.98. The maximum atomic E-state index is 14.4. The molecular formula is C48H75N13O14. The Labute approximate surface area is 433 Å². The molecule has 0 unspecified atom stereocenters. The third-order valence-electron chi connectivity index (χ3n) is 12.4. The third kappa shape index (κ3) is 19.9. The largest absolute Gasteiger partial charge is 0.480 e. The number of hydrogen-bond donors (Lipinski definition) is 15. The number of rotatable bonds is 32. The number of H-pyrrole nitrogens is 1. The third-order valence-corrected chi connectivity index (χ3v) is 12.4. The van der Waals surface area contributed by atoms with E-state index in [1.807, 2.05) is 0 Å². The molecule has 1 aliphatic heterocycles. The molecule has 10 atom stereocenters. The molecule has 0 saturated carbocycles. The van der Waals surface area contributed by atoms with E-state index in [0.717, 1.165) is 10.9 Å². The van der Waals surface area contributed by atoms with Gasteiger partial charge >= 0.3 is 5.97 Å².